The summed E-state index contributed by atoms with van der Waals surface area (Å²) in [7, 11) is 0. The summed E-state index contributed by atoms with van der Waals surface area (Å²) >= 11 is 0. The number of halogens is 3. The van der Waals surface area contributed by atoms with Crippen LogP contribution in [-0.4, -0.2) is 23.4 Å². The van der Waals surface area contributed by atoms with Crippen LogP contribution in [0.1, 0.15) is 11.1 Å². The van der Waals surface area contributed by atoms with E-state index in [9.17, 15) is 32.9 Å². The number of hydrogen-bond acceptors (Lipinski definition) is 5. The molecule has 0 bridgehead atoms. The van der Waals surface area contributed by atoms with Gasteiger partial charge in [-0.05, 0) is 42.0 Å². The van der Waals surface area contributed by atoms with E-state index in [1.54, 1.807) is 0 Å². The van der Waals surface area contributed by atoms with Gasteiger partial charge in [0.25, 0.3) is 11.6 Å². The fraction of sp³-hybridized carbons (Fsp3) is 0.111. The molecule has 0 aliphatic rings. The molecule has 0 spiro atoms. The molecule has 0 heterocycles. The number of amides is 1. The summed E-state index contributed by atoms with van der Waals surface area (Å²) in [5, 5.41) is 12.7. The average molecular weight is 394 g/mol. The standard InChI is InChI=1S/C18H13F3N2O5/c19-18(20,21)13-2-1-3-14(10-13)22-16(24)11-28-17(25)9-6-12-4-7-15(8-5-12)23(26)27/h1-10H,11H2,(H,22,24)/b9-6+. The molecule has 2 rings (SSSR count). The molecule has 7 nitrogen and oxygen atoms in total. The van der Waals surface area contributed by atoms with Crippen molar-refractivity contribution >= 4 is 29.3 Å². The largest absolute Gasteiger partial charge is 0.452 e. The second kappa shape index (κ2) is 8.80. The fourth-order valence-electron chi connectivity index (χ4n) is 2.03. The highest BCUT2D eigenvalue weighted by atomic mass is 19.4. The van der Waals surface area contributed by atoms with Crippen molar-refractivity contribution in [3.63, 3.8) is 0 Å². The Kier molecular flexibility index (Phi) is 6.48. The summed E-state index contributed by atoms with van der Waals surface area (Å²) in [4.78, 5) is 33.3. The van der Waals surface area contributed by atoms with Crippen molar-refractivity contribution in [1.82, 2.24) is 0 Å². The number of carbonyl (C=O) groups excluding carboxylic acids is 2. The van der Waals surface area contributed by atoms with Crippen molar-refractivity contribution in [3.05, 3.63) is 75.8 Å². The molecular formula is C18H13F3N2O5. The van der Waals surface area contributed by atoms with Crippen molar-refractivity contribution in [2.45, 2.75) is 6.18 Å². The van der Waals surface area contributed by atoms with Gasteiger partial charge in [-0.3, -0.25) is 14.9 Å². The first-order valence-electron chi connectivity index (χ1n) is 7.71. The second-order valence-corrected chi connectivity index (χ2v) is 5.42. The van der Waals surface area contributed by atoms with E-state index >= 15 is 0 Å². The SMILES string of the molecule is O=C(COC(=O)/C=C/c1ccc([N+](=O)[O-])cc1)Nc1cccc(C(F)(F)F)c1. The number of ether oxygens (including phenoxy) is 1. The molecule has 0 unspecified atom stereocenters. The van der Waals surface area contributed by atoms with Crippen LogP contribution >= 0.6 is 0 Å². The number of anilines is 1. The summed E-state index contributed by atoms with van der Waals surface area (Å²) in [5.41, 5.74) is -0.618. The van der Waals surface area contributed by atoms with Crippen LogP contribution in [0.25, 0.3) is 6.08 Å². The number of rotatable bonds is 6. The van der Waals surface area contributed by atoms with Gasteiger partial charge in [0.05, 0.1) is 10.5 Å². The Labute approximate surface area is 156 Å². The molecule has 0 saturated carbocycles. The molecule has 0 radical (unpaired) electrons. The number of non-ortho nitro benzene ring substituents is 1. The normalized spacial score (nSPS) is 11.2. The highest BCUT2D eigenvalue weighted by Crippen LogP contribution is 2.30. The van der Waals surface area contributed by atoms with Gasteiger partial charge >= 0.3 is 12.1 Å². The lowest BCUT2D eigenvalue weighted by Crippen LogP contribution is -2.20. The first kappa shape index (κ1) is 20.6. The summed E-state index contributed by atoms with van der Waals surface area (Å²) in [6.45, 7) is -0.695. The van der Waals surface area contributed by atoms with Crippen molar-refractivity contribution in [2.75, 3.05) is 11.9 Å². The minimum absolute atomic E-state index is 0.0858. The number of nitro benzene ring substituents is 1. The van der Waals surface area contributed by atoms with Crippen LogP contribution in [0.2, 0.25) is 0 Å². The zero-order chi connectivity index (χ0) is 20.7. The first-order valence-corrected chi connectivity index (χ1v) is 7.71. The van der Waals surface area contributed by atoms with E-state index in [1.807, 2.05) is 0 Å². The van der Waals surface area contributed by atoms with Crippen molar-refractivity contribution in [1.29, 1.82) is 0 Å². The molecule has 1 N–H and O–H groups in total. The van der Waals surface area contributed by atoms with Crippen LogP contribution in [0, 0.1) is 10.1 Å². The van der Waals surface area contributed by atoms with Gasteiger partial charge in [-0.2, -0.15) is 13.2 Å². The smallest absolute Gasteiger partial charge is 0.416 e. The molecular weight excluding hydrogens is 381 g/mol. The summed E-state index contributed by atoms with van der Waals surface area (Å²) in [5.74, 6) is -1.67. The summed E-state index contributed by atoms with van der Waals surface area (Å²) in [6, 6.07) is 9.37. The first-order chi connectivity index (χ1) is 13.1. The lowest BCUT2D eigenvalue weighted by molar-refractivity contribution is -0.384. The van der Waals surface area contributed by atoms with Crippen LogP contribution in [0.15, 0.2) is 54.6 Å². The van der Waals surface area contributed by atoms with Crippen LogP contribution in [0.4, 0.5) is 24.5 Å². The van der Waals surface area contributed by atoms with Gasteiger partial charge in [-0.25, -0.2) is 4.79 Å². The second-order valence-electron chi connectivity index (χ2n) is 5.42. The van der Waals surface area contributed by atoms with Gasteiger partial charge in [0.15, 0.2) is 6.61 Å². The molecule has 1 amide bonds. The van der Waals surface area contributed by atoms with Crippen molar-refractivity contribution in [2.24, 2.45) is 0 Å². The number of alkyl halides is 3. The molecule has 0 aliphatic carbocycles. The van der Waals surface area contributed by atoms with Crippen molar-refractivity contribution < 1.29 is 32.4 Å². The number of nitrogens with one attached hydrogen (secondary N) is 1. The molecule has 2 aromatic carbocycles. The molecule has 0 fully saturated rings. The number of nitrogens with zero attached hydrogens (tertiary/aromatic N) is 1. The van der Waals surface area contributed by atoms with E-state index in [4.69, 9.17) is 0 Å². The predicted octanol–water partition coefficient (Wildman–Crippen LogP) is 3.81. The van der Waals surface area contributed by atoms with Crippen LogP contribution in [0.5, 0.6) is 0 Å². The average Bonchev–Trinajstić information content (AvgIpc) is 2.64. The molecule has 0 aromatic heterocycles. The minimum Gasteiger partial charge on any atom is -0.452 e. The third-order valence-corrected chi connectivity index (χ3v) is 3.33. The Balaban J connectivity index is 1.85. The predicted molar refractivity (Wildman–Crippen MR) is 93.2 cm³/mol. The maximum absolute atomic E-state index is 12.6. The molecule has 2 aromatic rings. The number of nitro groups is 1. The van der Waals surface area contributed by atoms with Gasteiger partial charge in [0.2, 0.25) is 0 Å². The molecule has 146 valence electrons. The number of esters is 1. The Bertz CT molecular complexity index is 908. The maximum atomic E-state index is 12.6. The summed E-state index contributed by atoms with van der Waals surface area (Å²) in [6.07, 6.45) is -2.20. The number of carbonyl (C=O) groups is 2. The third-order valence-electron chi connectivity index (χ3n) is 3.33. The Morgan fingerprint density at radius 3 is 2.43 bits per heavy atom. The lowest BCUT2D eigenvalue weighted by Gasteiger charge is -2.09. The third kappa shape index (κ3) is 6.24. The quantitative estimate of drug-likeness (QED) is 0.348. The fourth-order valence-corrected chi connectivity index (χ4v) is 2.03. The van der Waals surface area contributed by atoms with Crippen molar-refractivity contribution in [3.8, 4) is 0 Å². The van der Waals surface area contributed by atoms with Crippen LogP contribution < -0.4 is 5.32 Å². The number of hydrogen-bond donors (Lipinski definition) is 1. The van der Waals surface area contributed by atoms with Gasteiger partial charge in [-0.15, -0.1) is 0 Å². The minimum atomic E-state index is -4.55. The molecule has 0 atom stereocenters. The topological polar surface area (TPSA) is 98.5 Å². The maximum Gasteiger partial charge on any atom is 0.416 e. The van der Waals surface area contributed by atoms with E-state index in [0.717, 1.165) is 24.3 Å². The van der Waals surface area contributed by atoms with Gasteiger partial charge in [-0.1, -0.05) is 6.07 Å². The Hall–Kier alpha value is -3.69. The van der Waals surface area contributed by atoms with Gasteiger partial charge in [0.1, 0.15) is 0 Å². The molecule has 0 saturated heterocycles. The molecule has 28 heavy (non-hydrogen) atoms. The van der Waals surface area contributed by atoms with E-state index in [1.165, 1.54) is 36.4 Å². The van der Waals surface area contributed by atoms with E-state index < -0.39 is 35.1 Å². The van der Waals surface area contributed by atoms with E-state index in [-0.39, 0.29) is 11.4 Å². The highest BCUT2D eigenvalue weighted by molar-refractivity contribution is 5.94. The van der Waals surface area contributed by atoms with Crippen LogP contribution in [0.3, 0.4) is 0 Å². The highest BCUT2D eigenvalue weighted by Gasteiger charge is 2.30. The Morgan fingerprint density at radius 1 is 1.14 bits per heavy atom. The van der Waals surface area contributed by atoms with Gasteiger partial charge < -0.3 is 10.1 Å². The van der Waals surface area contributed by atoms with E-state index in [2.05, 4.69) is 10.1 Å². The molecule has 0 aliphatic heterocycles. The zero-order valence-electron chi connectivity index (χ0n) is 14.1. The Morgan fingerprint density at radius 2 is 1.82 bits per heavy atom. The summed E-state index contributed by atoms with van der Waals surface area (Å²) < 4.78 is 42.6. The van der Waals surface area contributed by atoms with Gasteiger partial charge in [0, 0.05) is 23.9 Å². The monoisotopic (exact) mass is 394 g/mol. The van der Waals surface area contributed by atoms with E-state index in [0.29, 0.717) is 5.56 Å². The van der Waals surface area contributed by atoms with Crippen LogP contribution in [-0.2, 0) is 20.5 Å². The lowest BCUT2D eigenvalue weighted by atomic mass is 10.2. The molecule has 10 heteroatoms. The zero-order valence-corrected chi connectivity index (χ0v) is 14.1. The number of benzene rings is 2.